The summed E-state index contributed by atoms with van der Waals surface area (Å²) >= 11 is 0. The summed E-state index contributed by atoms with van der Waals surface area (Å²) in [5.74, 6) is 1.33. The highest BCUT2D eigenvalue weighted by Crippen LogP contribution is 2.52. The number of amides is 2. The van der Waals surface area contributed by atoms with Gasteiger partial charge in [0.2, 0.25) is 11.8 Å². The molecule has 2 fully saturated rings. The molecular formula is C24H32N4O2. The van der Waals surface area contributed by atoms with E-state index >= 15 is 0 Å². The predicted octanol–water partition coefficient (Wildman–Crippen LogP) is 2.46. The van der Waals surface area contributed by atoms with Gasteiger partial charge in [-0.3, -0.25) is 19.5 Å². The van der Waals surface area contributed by atoms with Crippen molar-refractivity contribution >= 4 is 17.8 Å². The number of hydrogen-bond donors (Lipinski definition) is 2. The number of guanidine groups is 1. The zero-order valence-electron chi connectivity index (χ0n) is 18.1. The molecule has 6 nitrogen and oxygen atoms in total. The lowest BCUT2D eigenvalue weighted by Gasteiger charge is -2.19. The van der Waals surface area contributed by atoms with Gasteiger partial charge in [0, 0.05) is 32.1 Å². The fraction of sp³-hybridized carbons (Fsp3) is 0.542. The molecule has 5 unspecified atom stereocenters. The number of carbonyl (C=O) groups excluding carboxylic acids is 2. The van der Waals surface area contributed by atoms with E-state index in [1.54, 1.807) is 0 Å². The molecule has 2 N–H and O–H groups in total. The maximum Gasteiger partial charge on any atom is 0.233 e. The minimum absolute atomic E-state index is 0.0126. The van der Waals surface area contributed by atoms with Gasteiger partial charge < -0.3 is 10.6 Å². The molecule has 0 radical (unpaired) electrons. The lowest BCUT2D eigenvalue weighted by molar-refractivity contribution is -0.140. The van der Waals surface area contributed by atoms with Crippen molar-refractivity contribution in [2.24, 2.45) is 28.7 Å². The standard InChI is InChI=1S/C24H32N4O2/c1-4-25-24(27-14-16(3)17-7-5-6-15(2)12-17)26-10-11-28-22(29)20-18-8-9-19(13-18)21(20)23(28)30/h5-9,12,16,18-21H,4,10-11,13-14H2,1-3H3,(H2,25,26,27). The third-order valence-electron chi connectivity index (χ3n) is 6.67. The third kappa shape index (κ3) is 3.87. The van der Waals surface area contributed by atoms with Gasteiger partial charge in [0.15, 0.2) is 5.96 Å². The van der Waals surface area contributed by atoms with Crippen LogP contribution in [-0.4, -0.2) is 48.9 Å². The SMILES string of the molecule is CCNC(=NCC(C)c1cccc(C)c1)NCCN1C(=O)C2C3C=CC(C3)C2C1=O. The van der Waals surface area contributed by atoms with Gasteiger partial charge in [0.25, 0.3) is 0 Å². The normalized spacial score (nSPS) is 28.2. The molecule has 1 saturated carbocycles. The fourth-order valence-corrected chi connectivity index (χ4v) is 5.12. The summed E-state index contributed by atoms with van der Waals surface area (Å²) in [5.41, 5.74) is 2.53. The molecule has 5 atom stereocenters. The van der Waals surface area contributed by atoms with Crippen LogP contribution in [0.15, 0.2) is 41.4 Å². The van der Waals surface area contributed by atoms with Crippen LogP contribution < -0.4 is 10.6 Å². The molecule has 1 aromatic rings. The van der Waals surface area contributed by atoms with Gasteiger partial charge in [-0.25, -0.2) is 0 Å². The van der Waals surface area contributed by atoms with Crippen LogP contribution in [-0.2, 0) is 9.59 Å². The van der Waals surface area contributed by atoms with Crippen LogP contribution in [0.5, 0.6) is 0 Å². The van der Waals surface area contributed by atoms with E-state index in [9.17, 15) is 9.59 Å². The molecule has 1 aromatic carbocycles. The van der Waals surface area contributed by atoms with E-state index in [2.05, 4.69) is 60.9 Å². The first-order valence-electron chi connectivity index (χ1n) is 11.1. The second kappa shape index (κ2) is 8.62. The van der Waals surface area contributed by atoms with Gasteiger partial charge in [-0.15, -0.1) is 0 Å². The van der Waals surface area contributed by atoms with Crippen LogP contribution >= 0.6 is 0 Å². The number of imide groups is 1. The quantitative estimate of drug-likeness (QED) is 0.315. The molecule has 2 bridgehead atoms. The van der Waals surface area contributed by atoms with E-state index in [-0.39, 0.29) is 35.5 Å². The summed E-state index contributed by atoms with van der Waals surface area (Å²) in [6, 6.07) is 8.51. The van der Waals surface area contributed by atoms with Crippen LogP contribution in [0.2, 0.25) is 0 Å². The number of allylic oxidation sites excluding steroid dienone is 2. The monoisotopic (exact) mass is 408 g/mol. The average Bonchev–Trinajstić information content (AvgIpc) is 3.41. The molecule has 1 heterocycles. The summed E-state index contributed by atoms with van der Waals surface area (Å²) in [6.07, 6.45) is 5.23. The van der Waals surface area contributed by atoms with Gasteiger partial charge in [0.1, 0.15) is 0 Å². The van der Waals surface area contributed by atoms with Gasteiger partial charge in [-0.1, -0.05) is 48.9 Å². The molecule has 1 saturated heterocycles. The Balaban J connectivity index is 1.31. The van der Waals surface area contributed by atoms with Crippen molar-refractivity contribution in [2.75, 3.05) is 26.2 Å². The number of benzene rings is 1. The van der Waals surface area contributed by atoms with Gasteiger partial charge in [0.05, 0.1) is 11.8 Å². The van der Waals surface area contributed by atoms with E-state index < -0.39 is 0 Å². The fourth-order valence-electron chi connectivity index (χ4n) is 5.12. The largest absolute Gasteiger partial charge is 0.357 e. The number of hydrogen-bond acceptors (Lipinski definition) is 3. The Labute approximate surface area is 178 Å². The first kappa shape index (κ1) is 20.6. The van der Waals surface area contributed by atoms with E-state index in [1.807, 2.05) is 6.92 Å². The zero-order chi connectivity index (χ0) is 21.3. The smallest absolute Gasteiger partial charge is 0.233 e. The molecular weight excluding hydrogens is 376 g/mol. The topological polar surface area (TPSA) is 73.8 Å². The molecule has 30 heavy (non-hydrogen) atoms. The Morgan fingerprint density at radius 1 is 1.17 bits per heavy atom. The number of nitrogens with one attached hydrogen (secondary N) is 2. The second-order valence-electron chi connectivity index (χ2n) is 8.79. The van der Waals surface area contributed by atoms with Crippen molar-refractivity contribution in [3.8, 4) is 0 Å². The number of likely N-dealkylation sites (tertiary alicyclic amines) is 1. The molecule has 1 aliphatic heterocycles. The van der Waals surface area contributed by atoms with E-state index in [0.29, 0.717) is 25.6 Å². The van der Waals surface area contributed by atoms with Crippen molar-refractivity contribution in [1.29, 1.82) is 0 Å². The van der Waals surface area contributed by atoms with Crippen molar-refractivity contribution in [3.05, 3.63) is 47.5 Å². The molecule has 0 spiro atoms. The maximum absolute atomic E-state index is 12.8. The Hall–Kier alpha value is -2.63. The molecule has 2 amide bonds. The number of rotatable bonds is 7. The highest BCUT2D eigenvalue weighted by atomic mass is 16.2. The molecule has 0 aromatic heterocycles. The Kier molecular flexibility index (Phi) is 5.93. The van der Waals surface area contributed by atoms with Crippen LogP contribution in [0.1, 0.15) is 37.3 Å². The number of carbonyl (C=O) groups is 2. The number of nitrogens with zero attached hydrogens (tertiary/aromatic N) is 2. The minimum atomic E-state index is -0.121. The molecule has 2 aliphatic carbocycles. The summed E-state index contributed by atoms with van der Waals surface area (Å²) in [6.45, 7) is 8.61. The van der Waals surface area contributed by atoms with E-state index in [4.69, 9.17) is 4.99 Å². The summed E-state index contributed by atoms with van der Waals surface area (Å²) in [5, 5.41) is 6.54. The van der Waals surface area contributed by atoms with Crippen LogP contribution in [0, 0.1) is 30.6 Å². The number of fused-ring (bicyclic) bond motifs is 5. The lowest BCUT2D eigenvalue weighted by atomic mass is 9.85. The molecule has 4 rings (SSSR count). The van der Waals surface area contributed by atoms with Crippen LogP contribution in [0.3, 0.4) is 0 Å². The maximum atomic E-state index is 12.8. The van der Waals surface area contributed by atoms with E-state index in [1.165, 1.54) is 16.0 Å². The third-order valence-corrected chi connectivity index (χ3v) is 6.67. The minimum Gasteiger partial charge on any atom is -0.357 e. The van der Waals surface area contributed by atoms with E-state index in [0.717, 1.165) is 18.9 Å². The van der Waals surface area contributed by atoms with Crippen molar-refractivity contribution in [2.45, 2.75) is 33.1 Å². The van der Waals surface area contributed by atoms with Gasteiger partial charge >= 0.3 is 0 Å². The van der Waals surface area contributed by atoms with Crippen LogP contribution in [0.4, 0.5) is 0 Å². The Morgan fingerprint density at radius 3 is 2.50 bits per heavy atom. The zero-order valence-corrected chi connectivity index (χ0v) is 18.1. The van der Waals surface area contributed by atoms with Crippen molar-refractivity contribution < 1.29 is 9.59 Å². The first-order valence-corrected chi connectivity index (χ1v) is 11.1. The van der Waals surface area contributed by atoms with Crippen LogP contribution in [0.25, 0.3) is 0 Å². The lowest BCUT2D eigenvalue weighted by Crippen LogP contribution is -2.43. The highest BCUT2D eigenvalue weighted by Gasteiger charge is 2.58. The number of aryl methyl sites for hydroxylation is 1. The van der Waals surface area contributed by atoms with Gasteiger partial charge in [-0.05, 0) is 37.7 Å². The molecule has 3 aliphatic rings. The first-order chi connectivity index (χ1) is 14.5. The van der Waals surface area contributed by atoms with Gasteiger partial charge in [-0.2, -0.15) is 0 Å². The second-order valence-corrected chi connectivity index (χ2v) is 8.79. The summed E-state index contributed by atoms with van der Waals surface area (Å²) < 4.78 is 0. The van der Waals surface area contributed by atoms with Crippen molar-refractivity contribution in [1.82, 2.24) is 15.5 Å². The number of aliphatic imine (C=N–C) groups is 1. The summed E-state index contributed by atoms with van der Waals surface area (Å²) in [7, 11) is 0. The predicted molar refractivity (Wildman–Crippen MR) is 118 cm³/mol. The molecule has 6 heteroatoms. The highest BCUT2D eigenvalue weighted by molar-refractivity contribution is 6.06. The Bertz CT molecular complexity index is 848. The molecule has 160 valence electrons. The summed E-state index contributed by atoms with van der Waals surface area (Å²) in [4.78, 5) is 31.7. The average molecular weight is 409 g/mol. The Morgan fingerprint density at radius 2 is 1.87 bits per heavy atom. The van der Waals surface area contributed by atoms with Crippen molar-refractivity contribution in [3.63, 3.8) is 0 Å².